The molecule has 5 rings (SSSR count). The molecule has 2 saturated carbocycles. The van der Waals surface area contributed by atoms with Gasteiger partial charge in [0, 0.05) is 18.4 Å². The van der Waals surface area contributed by atoms with Gasteiger partial charge in [-0.2, -0.15) is 0 Å². The summed E-state index contributed by atoms with van der Waals surface area (Å²) in [5, 5.41) is 3.21. The first kappa shape index (κ1) is 15.9. The number of nitrogens with zero attached hydrogens (tertiary/aromatic N) is 1. The molecule has 3 nitrogen and oxygen atoms in total. The van der Waals surface area contributed by atoms with Crippen molar-refractivity contribution in [2.24, 2.45) is 11.8 Å². The van der Waals surface area contributed by atoms with Gasteiger partial charge in [-0.05, 0) is 74.6 Å². The number of nitrogens with one attached hydrogen (secondary N) is 1. The van der Waals surface area contributed by atoms with Crippen molar-refractivity contribution in [3.63, 3.8) is 0 Å². The zero-order chi connectivity index (χ0) is 17.0. The van der Waals surface area contributed by atoms with E-state index >= 15 is 0 Å². The number of amides is 1. The number of likely N-dealkylation sites (tertiary alicyclic amines) is 1. The SMILES string of the molecule is CC(=O)N[C@H]1CC2(CCN([C@@H]3C[C@H]4CC[C@@H]3C4)CC2)c2ccccc21. The molecule has 1 aliphatic heterocycles. The topological polar surface area (TPSA) is 32.3 Å². The lowest BCUT2D eigenvalue weighted by atomic mass is 9.73. The summed E-state index contributed by atoms with van der Waals surface area (Å²) in [5.74, 6) is 2.11. The lowest BCUT2D eigenvalue weighted by Crippen LogP contribution is -2.48. The van der Waals surface area contributed by atoms with Crippen LogP contribution in [0.25, 0.3) is 0 Å². The molecule has 1 aromatic carbocycles. The second-order valence-corrected chi connectivity index (χ2v) is 9.10. The van der Waals surface area contributed by atoms with Crippen molar-refractivity contribution in [1.29, 1.82) is 0 Å². The first-order valence-corrected chi connectivity index (χ1v) is 10.3. The van der Waals surface area contributed by atoms with Crippen LogP contribution in [0.5, 0.6) is 0 Å². The fourth-order valence-corrected chi connectivity index (χ4v) is 6.68. The number of hydrogen-bond donors (Lipinski definition) is 1. The zero-order valence-electron chi connectivity index (χ0n) is 15.3. The first-order chi connectivity index (χ1) is 12.1. The highest BCUT2D eigenvalue weighted by Gasteiger charge is 2.48. The Morgan fingerprint density at radius 1 is 1.16 bits per heavy atom. The Hall–Kier alpha value is -1.35. The number of hydrogen-bond acceptors (Lipinski definition) is 2. The normalized spacial score (nSPS) is 35.9. The number of carbonyl (C=O) groups is 1. The van der Waals surface area contributed by atoms with Crippen molar-refractivity contribution in [1.82, 2.24) is 10.2 Å². The minimum absolute atomic E-state index is 0.0938. The van der Waals surface area contributed by atoms with Crippen molar-refractivity contribution in [2.45, 2.75) is 69.4 Å². The van der Waals surface area contributed by atoms with Crippen LogP contribution in [-0.4, -0.2) is 29.9 Å². The van der Waals surface area contributed by atoms with Crippen molar-refractivity contribution in [3.8, 4) is 0 Å². The standard InChI is InChI=1S/C22H30N2O/c1-15(25)23-20-14-22(19-5-3-2-4-18(19)20)8-10-24(11-9-22)21-13-16-6-7-17(21)12-16/h2-5,16-17,20-21H,6-14H2,1H3,(H,23,25)/t16-,17+,20-,21+/m0/s1. The minimum Gasteiger partial charge on any atom is -0.349 e. The lowest BCUT2D eigenvalue weighted by Gasteiger charge is -2.44. The molecule has 3 aliphatic carbocycles. The van der Waals surface area contributed by atoms with Crippen molar-refractivity contribution >= 4 is 5.91 Å². The third-order valence-electron chi connectivity index (χ3n) is 7.80. The van der Waals surface area contributed by atoms with Crippen LogP contribution >= 0.6 is 0 Å². The molecule has 1 amide bonds. The van der Waals surface area contributed by atoms with Crippen molar-refractivity contribution in [2.75, 3.05) is 13.1 Å². The van der Waals surface area contributed by atoms with Crippen LogP contribution < -0.4 is 5.32 Å². The molecule has 2 bridgehead atoms. The maximum Gasteiger partial charge on any atom is 0.217 e. The van der Waals surface area contributed by atoms with Gasteiger partial charge in [0.2, 0.25) is 5.91 Å². The molecular formula is C22H30N2O. The van der Waals surface area contributed by atoms with E-state index in [9.17, 15) is 4.79 Å². The molecule has 4 aliphatic rings. The molecule has 0 unspecified atom stereocenters. The van der Waals surface area contributed by atoms with Gasteiger partial charge in [-0.15, -0.1) is 0 Å². The van der Waals surface area contributed by atoms with Crippen LogP contribution in [0.4, 0.5) is 0 Å². The summed E-state index contributed by atoms with van der Waals surface area (Å²) in [6.45, 7) is 4.13. The fourth-order valence-electron chi connectivity index (χ4n) is 6.68. The molecular weight excluding hydrogens is 308 g/mol. The molecule has 4 atom stereocenters. The van der Waals surface area contributed by atoms with Crippen LogP contribution in [0, 0.1) is 11.8 Å². The smallest absolute Gasteiger partial charge is 0.217 e. The molecule has 1 spiro atoms. The fraction of sp³-hybridized carbons (Fsp3) is 0.682. The summed E-state index contributed by atoms with van der Waals surface area (Å²) in [6, 6.07) is 9.94. The van der Waals surface area contributed by atoms with E-state index in [0.717, 1.165) is 24.3 Å². The third-order valence-corrected chi connectivity index (χ3v) is 7.80. The number of piperidine rings is 1. The first-order valence-electron chi connectivity index (χ1n) is 10.3. The quantitative estimate of drug-likeness (QED) is 0.890. The highest BCUT2D eigenvalue weighted by Crippen LogP contribution is 2.53. The van der Waals surface area contributed by atoms with E-state index in [0.29, 0.717) is 0 Å². The molecule has 0 radical (unpaired) electrons. The number of carbonyl (C=O) groups excluding carboxylic acids is 1. The molecule has 1 aromatic rings. The summed E-state index contributed by atoms with van der Waals surface area (Å²) in [4.78, 5) is 14.5. The monoisotopic (exact) mass is 338 g/mol. The van der Waals surface area contributed by atoms with E-state index in [1.807, 2.05) is 0 Å². The van der Waals surface area contributed by atoms with Crippen LogP contribution in [-0.2, 0) is 10.2 Å². The molecule has 134 valence electrons. The van der Waals surface area contributed by atoms with E-state index in [1.54, 1.807) is 6.92 Å². The highest BCUT2D eigenvalue weighted by atomic mass is 16.1. The summed E-state index contributed by atoms with van der Waals surface area (Å²) < 4.78 is 0. The number of benzene rings is 1. The van der Waals surface area contributed by atoms with Crippen LogP contribution in [0.2, 0.25) is 0 Å². The van der Waals surface area contributed by atoms with Gasteiger partial charge in [0.15, 0.2) is 0 Å². The molecule has 1 heterocycles. The van der Waals surface area contributed by atoms with E-state index in [-0.39, 0.29) is 17.4 Å². The Bertz CT molecular complexity index is 676. The van der Waals surface area contributed by atoms with E-state index in [1.165, 1.54) is 62.7 Å². The zero-order valence-corrected chi connectivity index (χ0v) is 15.3. The lowest BCUT2D eigenvalue weighted by molar-refractivity contribution is -0.119. The summed E-state index contributed by atoms with van der Waals surface area (Å²) >= 11 is 0. The highest BCUT2D eigenvalue weighted by molar-refractivity contribution is 5.73. The van der Waals surface area contributed by atoms with Gasteiger partial charge in [-0.3, -0.25) is 4.79 Å². The maximum absolute atomic E-state index is 11.7. The maximum atomic E-state index is 11.7. The van der Waals surface area contributed by atoms with Gasteiger partial charge in [-0.25, -0.2) is 0 Å². The van der Waals surface area contributed by atoms with Crippen LogP contribution in [0.3, 0.4) is 0 Å². The van der Waals surface area contributed by atoms with Gasteiger partial charge in [0.25, 0.3) is 0 Å². The van der Waals surface area contributed by atoms with Gasteiger partial charge < -0.3 is 10.2 Å². The Labute approximate surface area is 151 Å². The molecule has 3 fully saturated rings. The van der Waals surface area contributed by atoms with Crippen LogP contribution in [0.15, 0.2) is 24.3 Å². The largest absolute Gasteiger partial charge is 0.349 e. The Morgan fingerprint density at radius 2 is 1.96 bits per heavy atom. The van der Waals surface area contributed by atoms with E-state index < -0.39 is 0 Å². The average molecular weight is 338 g/mol. The number of rotatable bonds is 2. The molecule has 0 aromatic heterocycles. The second-order valence-electron chi connectivity index (χ2n) is 9.10. The van der Waals surface area contributed by atoms with Crippen molar-refractivity contribution in [3.05, 3.63) is 35.4 Å². The molecule has 1 N–H and O–H groups in total. The Morgan fingerprint density at radius 3 is 2.64 bits per heavy atom. The van der Waals surface area contributed by atoms with Crippen molar-refractivity contribution < 1.29 is 4.79 Å². The summed E-state index contributed by atoms with van der Waals surface area (Å²) in [6.07, 6.45) is 9.54. The van der Waals surface area contributed by atoms with Gasteiger partial charge in [0.05, 0.1) is 6.04 Å². The number of fused-ring (bicyclic) bond motifs is 4. The summed E-state index contributed by atoms with van der Waals surface area (Å²) in [5.41, 5.74) is 3.17. The van der Waals surface area contributed by atoms with Crippen LogP contribution in [0.1, 0.15) is 69.0 Å². The average Bonchev–Trinajstić information content (AvgIpc) is 3.31. The predicted molar refractivity (Wildman–Crippen MR) is 99.3 cm³/mol. The molecule has 1 saturated heterocycles. The summed E-state index contributed by atoms with van der Waals surface area (Å²) in [7, 11) is 0. The molecule has 3 heteroatoms. The molecule has 25 heavy (non-hydrogen) atoms. The minimum atomic E-state index is 0.0938. The third kappa shape index (κ3) is 2.54. The van der Waals surface area contributed by atoms with Gasteiger partial charge >= 0.3 is 0 Å². The second kappa shape index (κ2) is 5.84. The Balaban J connectivity index is 1.34. The Kier molecular flexibility index (Phi) is 3.70. The van der Waals surface area contributed by atoms with E-state index in [2.05, 4.69) is 34.5 Å². The van der Waals surface area contributed by atoms with Gasteiger partial charge in [0.1, 0.15) is 0 Å². The predicted octanol–water partition coefficient (Wildman–Crippen LogP) is 3.79. The van der Waals surface area contributed by atoms with E-state index in [4.69, 9.17) is 0 Å². The van der Waals surface area contributed by atoms with Gasteiger partial charge in [-0.1, -0.05) is 30.7 Å².